The summed E-state index contributed by atoms with van der Waals surface area (Å²) in [5, 5.41) is 14.7. The van der Waals surface area contributed by atoms with Gasteiger partial charge in [0.1, 0.15) is 11.4 Å². The molecule has 1 aromatic rings. The lowest BCUT2D eigenvalue weighted by Gasteiger charge is -2.19. The van der Waals surface area contributed by atoms with E-state index in [0.717, 1.165) is 0 Å². The van der Waals surface area contributed by atoms with Crippen LogP contribution in [0.5, 0.6) is 0 Å². The predicted octanol–water partition coefficient (Wildman–Crippen LogP) is 2.23. The van der Waals surface area contributed by atoms with Crippen LogP contribution in [0.3, 0.4) is 0 Å². The molecule has 0 saturated carbocycles. The van der Waals surface area contributed by atoms with Crippen molar-refractivity contribution in [2.75, 3.05) is 18.4 Å². The van der Waals surface area contributed by atoms with Crippen LogP contribution in [0.25, 0.3) is 0 Å². The standard InChI is InChI=1S/C15H24N4O4/c1-9(2)12-18-8-10(11(19-12)13(20)21)16-6-7-17-14(22)23-15(3,4)5/h8-9,16H,6-7H2,1-5H3,(H,17,22)(H,20,21). The van der Waals surface area contributed by atoms with Crippen LogP contribution in [-0.2, 0) is 4.74 Å². The zero-order valence-corrected chi connectivity index (χ0v) is 14.1. The molecule has 0 unspecified atom stereocenters. The van der Waals surface area contributed by atoms with Gasteiger partial charge in [0.25, 0.3) is 0 Å². The first-order valence-electron chi connectivity index (χ1n) is 7.41. The minimum Gasteiger partial charge on any atom is -0.476 e. The van der Waals surface area contributed by atoms with Crippen LogP contribution in [0.4, 0.5) is 10.5 Å². The summed E-state index contributed by atoms with van der Waals surface area (Å²) in [5.74, 6) is -0.618. The Bertz CT molecular complexity index is 567. The number of hydrogen-bond donors (Lipinski definition) is 3. The van der Waals surface area contributed by atoms with Gasteiger partial charge in [0.15, 0.2) is 5.69 Å². The van der Waals surface area contributed by atoms with Crippen molar-refractivity contribution in [3.8, 4) is 0 Å². The second kappa shape index (κ2) is 7.75. The first-order valence-corrected chi connectivity index (χ1v) is 7.41. The molecule has 23 heavy (non-hydrogen) atoms. The van der Waals surface area contributed by atoms with Gasteiger partial charge < -0.3 is 20.5 Å². The minimum atomic E-state index is -1.13. The average Bonchev–Trinajstić information content (AvgIpc) is 2.41. The molecule has 0 aliphatic carbocycles. The number of nitrogens with zero attached hydrogens (tertiary/aromatic N) is 2. The van der Waals surface area contributed by atoms with Crippen molar-refractivity contribution < 1.29 is 19.4 Å². The SMILES string of the molecule is CC(C)c1ncc(NCCNC(=O)OC(C)(C)C)c(C(=O)O)n1. The van der Waals surface area contributed by atoms with Crippen molar-refractivity contribution in [3.05, 3.63) is 17.7 Å². The fourth-order valence-corrected chi connectivity index (χ4v) is 1.64. The molecule has 128 valence electrons. The Morgan fingerprint density at radius 2 is 1.96 bits per heavy atom. The molecule has 8 nitrogen and oxygen atoms in total. The van der Waals surface area contributed by atoms with Gasteiger partial charge in [-0.1, -0.05) is 13.8 Å². The number of aromatic nitrogens is 2. The average molecular weight is 324 g/mol. The molecule has 0 saturated heterocycles. The highest BCUT2D eigenvalue weighted by Gasteiger charge is 2.17. The number of ether oxygens (including phenoxy) is 1. The number of anilines is 1. The molecule has 0 radical (unpaired) electrons. The van der Waals surface area contributed by atoms with Gasteiger partial charge in [0.05, 0.1) is 11.9 Å². The maximum Gasteiger partial charge on any atom is 0.407 e. The minimum absolute atomic E-state index is 0.0379. The fraction of sp³-hybridized carbons (Fsp3) is 0.600. The Hall–Kier alpha value is -2.38. The van der Waals surface area contributed by atoms with E-state index in [0.29, 0.717) is 18.1 Å². The first-order chi connectivity index (χ1) is 10.6. The van der Waals surface area contributed by atoms with Gasteiger partial charge in [-0.25, -0.2) is 19.6 Å². The topological polar surface area (TPSA) is 113 Å². The Morgan fingerprint density at radius 3 is 2.48 bits per heavy atom. The molecule has 1 amide bonds. The third-order valence-electron chi connectivity index (χ3n) is 2.64. The van der Waals surface area contributed by atoms with E-state index in [4.69, 9.17) is 4.74 Å². The Kier molecular flexibility index (Phi) is 6.29. The van der Waals surface area contributed by atoms with Crippen LogP contribution in [-0.4, -0.2) is 45.8 Å². The van der Waals surface area contributed by atoms with E-state index >= 15 is 0 Å². The van der Waals surface area contributed by atoms with Crippen LogP contribution >= 0.6 is 0 Å². The molecule has 3 N–H and O–H groups in total. The normalized spacial score (nSPS) is 11.2. The summed E-state index contributed by atoms with van der Waals surface area (Å²) in [6, 6.07) is 0. The number of carbonyl (C=O) groups excluding carboxylic acids is 1. The molecule has 0 aromatic carbocycles. The molecule has 0 spiro atoms. The van der Waals surface area contributed by atoms with E-state index in [1.807, 2.05) is 13.8 Å². The summed E-state index contributed by atoms with van der Waals surface area (Å²) >= 11 is 0. The fourth-order valence-electron chi connectivity index (χ4n) is 1.64. The number of nitrogens with one attached hydrogen (secondary N) is 2. The molecular weight excluding hydrogens is 300 g/mol. The number of carbonyl (C=O) groups is 2. The van der Waals surface area contributed by atoms with Gasteiger partial charge in [0, 0.05) is 19.0 Å². The maximum absolute atomic E-state index is 11.5. The van der Waals surface area contributed by atoms with Crippen LogP contribution < -0.4 is 10.6 Å². The number of alkyl carbamates (subject to hydrolysis) is 1. The van der Waals surface area contributed by atoms with Gasteiger partial charge in [0.2, 0.25) is 0 Å². The van der Waals surface area contributed by atoms with E-state index in [2.05, 4.69) is 20.6 Å². The largest absolute Gasteiger partial charge is 0.476 e. The molecule has 0 atom stereocenters. The molecule has 1 aromatic heterocycles. The highest BCUT2D eigenvalue weighted by atomic mass is 16.6. The monoisotopic (exact) mass is 324 g/mol. The summed E-state index contributed by atoms with van der Waals surface area (Å²) in [5.41, 5.74) is -0.331. The second-order valence-corrected chi connectivity index (χ2v) is 6.31. The van der Waals surface area contributed by atoms with E-state index in [1.165, 1.54) is 6.20 Å². The van der Waals surface area contributed by atoms with Gasteiger partial charge in [-0.2, -0.15) is 0 Å². The third-order valence-corrected chi connectivity index (χ3v) is 2.64. The predicted molar refractivity (Wildman–Crippen MR) is 85.8 cm³/mol. The molecule has 0 aliphatic rings. The van der Waals surface area contributed by atoms with Crippen LogP contribution in [0.15, 0.2) is 6.20 Å². The Balaban J connectivity index is 2.58. The Morgan fingerprint density at radius 1 is 1.30 bits per heavy atom. The zero-order chi connectivity index (χ0) is 17.6. The lowest BCUT2D eigenvalue weighted by Crippen LogP contribution is -2.35. The number of rotatable bonds is 6. The van der Waals surface area contributed by atoms with Crippen molar-refractivity contribution >= 4 is 17.7 Å². The van der Waals surface area contributed by atoms with E-state index < -0.39 is 17.7 Å². The lowest BCUT2D eigenvalue weighted by atomic mass is 10.2. The van der Waals surface area contributed by atoms with Crippen molar-refractivity contribution in [2.24, 2.45) is 0 Å². The smallest absolute Gasteiger partial charge is 0.407 e. The van der Waals surface area contributed by atoms with E-state index in [1.54, 1.807) is 20.8 Å². The van der Waals surface area contributed by atoms with Gasteiger partial charge in [-0.05, 0) is 20.8 Å². The Labute approximate surface area is 135 Å². The van der Waals surface area contributed by atoms with Crippen LogP contribution in [0, 0.1) is 0 Å². The molecule has 0 fully saturated rings. The summed E-state index contributed by atoms with van der Waals surface area (Å²) in [4.78, 5) is 30.9. The van der Waals surface area contributed by atoms with Crippen LogP contribution in [0.1, 0.15) is 56.8 Å². The van der Waals surface area contributed by atoms with Crippen molar-refractivity contribution in [2.45, 2.75) is 46.1 Å². The van der Waals surface area contributed by atoms with Gasteiger partial charge >= 0.3 is 12.1 Å². The van der Waals surface area contributed by atoms with Gasteiger partial charge in [-0.3, -0.25) is 0 Å². The van der Waals surface area contributed by atoms with Crippen molar-refractivity contribution in [1.82, 2.24) is 15.3 Å². The summed E-state index contributed by atoms with van der Waals surface area (Å²) < 4.78 is 5.10. The summed E-state index contributed by atoms with van der Waals surface area (Å²) in [7, 11) is 0. The molecular formula is C15H24N4O4. The highest BCUT2D eigenvalue weighted by Crippen LogP contribution is 2.16. The van der Waals surface area contributed by atoms with E-state index in [-0.39, 0.29) is 18.2 Å². The number of carboxylic acids is 1. The quantitative estimate of drug-likeness (QED) is 0.688. The molecule has 1 heterocycles. The molecule has 1 rings (SSSR count). The van der Waals surface area contributed by atoms with Gasteiger partial charge in [-0.15, -0.1) is 0 Å². The highest BCUT2D eigenvalue weighted by molar-refractivity contribution is 5.91. The molecule has 0 bridgehead atoms. The van der Waals surface area contributed by atoms with Crippen LogP contribution in [0.2, 0.25) is 0 Å². The first kappa shape index (κ1) is 18.7. The van der Waals surface area contributed by atoms with Crippen molar-refractivity contribution in [1.29, 1.82) is 0 Å². The molecule has 0 aliphatic heterocycles. The van der Waals surface area contributed by atoms with E-state index in [9.17, 15) is 14.7 Å². The molecule has 8 heteroatoms. The lowest BCUT2D eigenvalue weighted by molar-refractivity contribution is 0.0529. The third kappa shape index (κ3) is 6.50. The van der Waals surface area contributed by atoms with Crippen molar-refractivity contribution in [3.63, 3.8) is 0 Å². The maximum atomic E-state index is 11.5. The zero-order valence-electron chi connectivity index (χ0n) is 14.1. The summed E-state index contributed by atoms with van der Waals surface area (Å²) in [6.07, 6.45) is 0.920. The number of carboxylic acid groups (broad SMARTS) is 1. The summed E-state index contributed by atoms with van der Waals surface area (Å²) in [6.45, 7) is 9.70. The number of amides is 1. The second-order valence-electron chi connectivity index (χ2n) is 6.31. The number of hydrogen-bond acceptors (Lipinski definition) is 6. The number of aromatic carboxylic acids is 1.